The number of ether oxygens (including phenoxy) is 1. The highest BCUT2D eigenvalue weighted by Crippen LogP contribution is 2.26. The zero-order valence-corrected chi connectivity index (χ0v) is 13.0. The number of benzene rings is 2. The predicted octanol–water partition coefficient (Wildman–Crippen LogP) is 4.74. The monoisotopic (exact) mass is 327 g/mol. The molecule has 3 aromatic rings. The predicted molar refractivity (Wildman–Crippen MR) is 86.9 cm³/mol. The van der Waals surface area contributed by atoms with Crippen molar-refractivity contribution < 1.29 is 18.3 Å². The minimum absolute atomic E-state index is 0.0443. The van der Waals surface area contributed by atoms with E-state index >= 15 is 0 Å². The van der Waals surface area contributed by atoms with Gasteiger partial charge in [-0.3, -0.25) is 0 Å². The number of carbonyl (C=O) groups excluding carboxylic acids is 1. The first-order valence-corrected chi connectivity index (χ1v) is 7.53. The second-order valence-corrected chi connectivity index (χ2v) is 5.27. The van der Waals surface area contributed by atoms with E-state index in [-0.39, 0.29) is 5.75 Å². The number of esters is 1. The van der Waals surface area contributed by atoms with Gasteiger partial charge in [0.1, 0.15) is 5.75 Å². The molecule has 0 aliphatic rings. The van der Waals surface area contributed by atoms with Gasteiger partial charge in [-0.25, -0.2) is 13.6 Å². The zero-order valence-electron chi connectivity index (χ0n) is 13.0. The standard InChI is InChI=1S/C19H15F2NO2/c1-2-13-10-15(18(22-13)12-6-4-3-5-7-12)19(23)24-14-8-9-16(20)17(21)11-14/h3-11,22H,2H2,1H3. The number of nitrogens with one attached hydrogen (secondary N) is 1. The number of halogens is 2. The molecule has 0 bridgehead atoms. The van der Waals surface area contributed by atoms with Gasteiger partial charge in [-0.1, -0.05) is 37.3 Å². The molecule has 0 atom stereocenters. The fourth-order valence-electron chi connectivity index (χ4n) is 2.40. The molecular weight excluding hydrogens is 312 g/mol. The Morgan fingerprint density at radius 3 is 2.46 bits per heavy atom. The summed E-state index contributed by atoms with van der Waals surface area (Å²) in [5.74, 6) is -2.73. The molecular formula is C19H15F2NO2. The van der Waals surface area contributed by atoms with E-state index in [4.69, 9.17) is 4.74 Å². The maximum absolute atomic E-state index is 13.3. The molecule has 24 heavy (non-hydrogen) atoms. The van der Waals surface area contributed by atoms with Crippen LogP contribution in [0.25, 0.3) is 11.3 Å². The van der Waals surface area contributed by atoms with Crippen LogP contribution >= 0.6 is 0 Å². The van der Waals surface area contributed by atoms with E-state index in [2.05, 4.69) is 4.98 Å². The molecule has 0 radical (unpaired) electrons. The molecule has 1 heterocycles. The average Bonchev–Trinajstić information content (AvgIpc) is 3.03. The second-order valence-electron chi connectivity index (χ2n) is 5.27. The fourth-order valence-corrected chi connectivity index (χ4v) is 2.40. The maximum atomic E-state index is 13.3. The average molecular weight is 327 g/mol. The first kappa shape index (κ1) is 15.9. The van der Waals surface area contributed by atoms with Crippen molar-refractivity contribution in [1.29, 1.82) is 0 Å². The van der Waals surface area contributed by atoms with Crippen molar-refractivity contribution >= 4 is 5.97 Å². The quantitative estimate of drug-likeness (QED) is 0.555. The molecule has 0 aliphatic carbocycles. The summed E-state index contributed by atoms with van der Waals surface area (Å²) in [6, 6.07) is 14.1. The van der Waals surface area contributed by atoms with E-state index in [1.165, 1.54) is 6.07 Å². The van der Waals surface area contributed by atoms with Gasteiger partial charge >= 0.3 is 5.97 Å². The minimum atomic E-state index is -1.06. The molecule has 3 rings (SSSR count). The zero-order chi connectivity index (χ0) is 17.1. The van der Waals surface area contributed by atoms with Crippen LogP contribution in [0.1, 0.15) is 23.0 Å². The summed E-state index contributed by atoms with van der Waals surface area (Å²) < 4.78 is 31.4. The Bertz CT molecular complexity index is 872. The van der Waals surface area contributed by atoms with Crippen LogP contribution in [0, 0.1) is 11.6 Å². The molecule has 2 aromatic carbocycles. The molecule has 0 fully saturated rings. The van der Waals surface area contributed by atoms with Crippen molar-refractivity contribution in [3.8, 4) is 17.0 Å². The fraction of sp³-hybridized carbons (Fsp3) is 0.105. The van der Waals surface area contributed by atoms with Crippen molar-refractivity contribution in [3.05, 3.63) is 77.5 Å². The summed E-state index contributed by atoms with van der Waals surface area (Å²) in [7, 11) is 0. The van der Waals surface area contributed by atoms with Crippen LogP contribution in [0.5, 0.6) is 5.75 Å². The number of aromatic nitrogens is 1. The highest BCUT2D eigenvalue weighted by Gasteiger charge is 2.19. The Hall–Kier alpha value is -2.95. The Balaban J connectivity index is 1.94. The summed E-state index contributed by atoms with van der Waals surface area (Å²) in [6.07, 6.45) is 0.721. The van der Waals surface area contributed by atoms with E-state index in [0.717, 1.165) is 29.8 Å². The van der Waals surface area contributed by atoms with Crippen LogP contribution < -0.4 is 4.74 Å². The smallest absolute Gasteiger partial charge is 0.345 e. The van der Waals surface area contributed by atoms with Gasteiger partial charge in [0.2, 0.25) is 0 Å². The molecule has 1 aromatic heterocycles. The number of H-pyrrole nitrogens is 1. The first-order chi connectivity index (χ1) is 11.6. The normalized spacial score (nSPS) is 10.6. The van der Waals surface area contributed by atoms with Gasteiger partial charge in [0.05, 0.1) is 11.3 Å². The van der Waals surface area contributed by atoms with Gasteiger partial charge in [0.15, 0.2) is 11.6 Å². The van der Waals surface area contributed by atoms with Crippen molar-refractivity contribution in [2.75, 3.05) is 0 Å². The third-order valence-electron chi connectivity index (χ3n) is 3.64. The maximum Gasteiger partial charge on any atom is 0.345 e. The Kier molecular flexibility index (Phi) is 4.42. The van der Waals surface area contributed by atoms with Crippen LogP contribution in [-0.2, 0) is 6.42 Å². The summed E-state index contributed by atoms with van der Waals surface area (Å²) >= 11 is 0. The SMILES string of the molecule is CCc1cc(C(=O)Oc2ccc(F)c(F)c2)c(-c2ccccc2)[nH]1. The lowest BCUT2D eigenvalue weighted by Crippen LogP contribution is -2.09. The van der Waals surface area contributed by atoms with Crippen molar-refractivity contribution in [3.63, 3.8) is 0 Å². The molecule has 122 valence electrons. The van der Waals surface area contributed by atoms with Crippen LogP contribution in [-0.4, -0.2) is 11.0 Å². The van der Waals surface area contributed by atoms with Crippen LogP contribution in [0.2, 0.25) is 0 Å². The van der Waals surface area contributed by atoms with Crippen LogP contribution in [0.15, 0.2) is 54.6 Å². The summed E-state index contributed by atoms with van der Waals surface area (Å²) in [6.45, 7) is 1.96. The molecule has 0 unspecified atom stereocenters. The first-order valence-electron chi connectivity index (χ1n) is 7.53. The number of hydrogen-bond acceptors (Lipinski definition) is 2. The number of aromatic amines is 1. The Labute approximate surface area is 137 Å². The third kappa shape index (κ3) is 3.20. The number of aryl methyl sites for hydroxylation is 1. The summed E-state index contributed by atoms with van der Waals surface area (Å²) in [4.78, 5) is 15.7. The Morgan fingerprint density at radius 2 is 1.79 bits per heavy atom. The highest BCUT2D eigenvalue weighted by atomic mass is 19.2. The van der Waals surface area contributed by atoms with Gasteiger partial charge in [-0.2, -0.15) is 0 Å². The van der Waals surface area contributed by atoms with Crippen molar-refractivity contribution in [2.24, 2.45) is 0 Å². The minimum Gasteiger partial charge on any atom is -0.423 e. The van der Waals surface area contributed by atoms with Crippen molar-refractivity contribution in [1.82, 2.24) is 4.98 Å². The van der Waals surface area contributed by atoms with Gasteiger partial charge in [-0.05, 0) is 30.2 Å². The summed E-state index contributed by atoms with van der Waals surface area (Å²) in [5.41, 5.74) is 2.71. The number of rotatable bonds is 4. The Morgan fingerprint density at radius 1 is 1.04 bits per heavy atom. The lowest BCUT2D eigenvalue weighted by Gasteiger charge is -2.06. The molecule has 0 amide bonds. The summed E-state index contributed by atoms with van der Waals surface area (Å²) in [5, 5.41) is 0. The lowest BCUT2D eigenvalue weighted by atomic mass is 10.1. The van der Waals surface area contributed by atoms with Crippen LogP contribution in [0.4, 0.5) is 8.78 Å². The lowest BCUT2D eigenvalue weighted by molar-refractivity contribution is 0.0735. The largest absolute Gasteiger partial charge is 0.423 e. The van der Waals surface area contributed by atoms with Gasteiger partial charge in [0, 0.05) is 11.8 Å². The molecule has 0 saturated heterocycles. The van der Waals surface area contributed by atoms with Gasteiger partial charge in [0.25, 0.3) is 0 Å². The van der Waals surface area contributed by atoms with E-state index in [0.29, 0.717) is 11.3 Å². The molecule has 0 saturated carbocycles. The van der Waals surface area contributed by atoms with E-state index in [1.807, 2.05) is 37.3 Å². The third-order valence-corrected chi connectivity index (χ3v) is 3.64. The molecule has 5 heteroatoms. The van der Waals surface area contributed by atoms with E-state index < -0.39 is 17.6 Å². The van der Waals surface area contributed by atoms with Crippen LogP contribution in [0.3, 0.4) is 0 Å². The van der Waals surface area contributed by atoms with Gasteiger partial charge < -0.3 is 9.72 Å². The highest BCUT2D eigenvalue weighted by molar-refractivity contribution is 5.98. The topological polar surface area (TPSA) is 42.1 Å². The molecule has 0 aliphatic heterocycles. The van der Waals surface area contributed by atoms with E-state index in [9.17, 15) is 13.6 Å². The van der Waals surface area contributed by atoms with Crippen molar-refractivity contribution in [2.45, 2.75) is 13.3 Å². The number of hydrogen-bond donors (Lipinski definition) is 1. The molecule has 0 spiro atoms. The number of carbonyl (C=O) groups is 1. The van der Waals surface area contributed by atoms with E-state index in [1.54, 1.807) is 6.07 Å². The molecule has 3 nitrogen and oxygen atoms in total. The second kappa shape index (κ2) is 6.66. The van der Waals surface area contributed by atoms with Gasteiger partial charge in [-0.15, -0.1) is 0 Å². The molecule has 1 N–H and O–H groups in total.